The predicted octanol–water partition coefficient (Wildman–Crippen LogP) is 3.07. The average Bonchev–Trinajstić information content (AvgIpc) is 2.80. The zero-order valence-electron chi connectivity index (χ0n) is 12.6. The molecular weight excluding hydrogens is 250 g/mol. The summed E-state index contributed by atoms with van der Waals surface area (Å²) in [5.74, 6) is 1.25. The first-order valence-corrected chi connectivity index (χ1v) is 7.66. The monoisotopic (exact) mass is 275 g/mol. The fraction of sp³-hybridized carbons (Fsp3) is 0.625. The van der Waals surface area contributed by atoms with Crippen molar-refractivity contribution in [3.8, 4) is 0 Å². The minimum atomic E-state index is -0.0540. The molecule has 20 heavy (non-hydrogen) atoms. The van der Waals surface area contributed by atoms with Gasteiger partial charge in [0.15, 0.2) is 0 Å². The molecule has 1 saturated carbocycles. The van der Waals surface area contributed by atoms with Gasteiger partial charge in [0.1, 0.15) is 5.69 Å². The number of nitrogens with one attached hydrogen (secondary N) is 2. The minimum absolute atomic E-state index is 0.0540. The summed E-state index contributed by atoms with van der Waals surface area (Å²) in [4.78, 5) is 16.4. The van der Waals surface area contributed by atoms with Crippen molar-refractivity contribution in [2.24, 2.45) is 11.8 Å². The molecule has 110 valence electrons. The Bertz CT molecular complexity index is 444. The fourth-order valence-corrected chi connectivity index (χ4v) is 3.11. The van der Waals surface area contributed by atoms with E-state index >= 15 is 0 Å². The van der Waals surface area contributed by atoms with Crippen molar-refractivity contribution < 1.29 is 4.79 Å². The predicted molar refractivity (Wildman–Crippen MR) is 81.8 cm³/mol. The third-order valence-corrected chi connectivity index (χ3v) is 4.44. The maximum atomic E-state index is 12.2. The second kappa shape index (κ2) is 6.73. The SMILES string of the molecule is CCNc1ccc(C(=O)NC2CCC(CC)C2C)nc1. The van der Waals surface area contributed by atoms with E-state index in [1.165, 1.54) is 12.8 Å². The van der Waals surface area contributed by atoms with Crippen molar-refractivity contribution in [2.75, 3.05) is 11.9 Å². The van der Waals surface area contributed by atoms with E-state index in [2.05, 4.69) is 29.5 Å². The van der Waals surface area contributed by atoms with Crippen LogP contribution in [0.4, 0.5) is 5.69 Å². The molecule has 2 N–H and O–H groups in total. The number of amides is 1. The third-order valence-electron chi connectivity index (χ3n) is 4.44. The van der Waals surface area contributed by atoms with Crippen molar-refractivity contribution in [3.05, 3.63) is 24.0 Å². The highest BCUT2D eigenvalue weighted by Gasteiger charge is 2.32. The third kappa shape index (κ3) is 3.30. The molecule has 1 heterocycles. The van der Waals surface area contributed by atoms with Gasteiger partial charge in [0.25, 0.3) is 5.91 Å². The van der Waals surface area contributed by atoms with Crippen LogP contribution in [0.2, 0.25) is 0 Å². The first-order chi connectivity index (χ1) is 9.65. The molecular formula is C16H25N3O. The number of hydrogen-bond acceptors (Lipinski definition) is 3. The van der Waals surface area contributed by atoms with Crippen molar-refractivity contribution in [1.29, 1.82) is 0 Å². The van der Waals surface area contributed by atoms with Gasteiger partial charge in [-0.25, -0.2) is 4.98 Å². The fourth-order valence-electron chi connectivity index (χ4n) is 3.11. The summed E-state index contributed by atoms with van der Waals surface area (Å²) in [6.07, 6.45) is 5.21. The molecule has 0 radical (unpaired) electrons. The molecule has 0 saturated heterocycles. The van der Waals surface area contributed by atoms with Gasteiger partial charge in [-0.3, -0.25) is 4.79 Å². The molecule has 1 aromatic heterocycles. The largest absolute Gasteiger partial charge is 0.384 e. The Hall–Kier alpha value is -1.58. The Balaban J connectivity index is 1.95. The maximum absolute atomic E-state index is 12.2. The summed E-state index contributed by atoms with van der Waals surface area (Å²) < 4.78 is 0. The Morgan fingerprint density at radius 2 is 2.15 bits per heavy atom. The van der Waals surface area contributed by atoms with Gasteiger partial charge in [0.05, 0.1) is 11.9 Å². The van der Waals surface area contributed by atoms with Crippen LogP contribution in [-0.2, 0) is 0 Å². The van der Waals surface area contributed by atoms with E-state index in [1.54, 1.807) is 12.3 Å². The van der Waals surface area contributed by atoms with Gasteiger partial charge in [-0.05, 0) is 43.7 Å². The standard InChI is InChI=1S/C16H25N3O/c1-4-12-6-8-14(11(12)3)19-16(20)15-9-7-13(10-18-15)17-5-2/h7,9-12,14,17H,4-6,8H2,1-3H3,(H,19,20). The molecule has 4 heteroatoms. The summed E-state index contributed by atoms with van der Waals surface area (Å²) >= 11 is 0. The van der Waals surface area contributed by atoms with Crippen molar-refractivity contribution >= 4 is 11.6 Å². The molecule has 4 nitrogen and oxygen atoms in total. The lowest BCUT2D eigenvalue weighted by molar-refractivity contribution is 0.0921. The molecule has 3 atom stereocenters. The van der Waals surface area contributed by atoms with Gasteiger partial charge < -0.3 is 10.6 Å². The number of aromatic nitrogens is 1. The molecule has 0 aromatic carbocycles. The first-order valence-electron chi connectivity index (χ1n) is 7.66. The molecule has 1 fully saturated rings. The highest BCUT2D eigenvalue weighted by atomic mass is 16.1. The van der Waals surface area contributed by atoms with Crippen LogP contribution in [0.5, 0.6) is 0 Å². The van der Waals surface area contributed by atoms with Crippen LogP contribution in [0.25, 0.3) is 0 Å². The average molecular weight is 275 g/mol. The summed E-state index contributed by atoms with van der Waals surface area (Å²) in [6, 6.07) is 3.98. The quantitative estimate of drug-likeness (QED) is 0.868. The molecule has 3 unspecified atom stereocenters. The molecule has 0 spiro atoms. The Labute approximate surface area is 121 Å². The van der Waals surface area contributed by atoms with E-state index in [9.17, 15) is 4.79 Å². The van der Waals surface area contributed by atoms with E-state index in [4.69, 9.17) is 0 Å². The van der Waals surface area contributed by atoms with Crippen LogP contribution in [0.1, 0.15) is 50.5 Å². The normalized spacial score (nSPS) is 25.4. The number of anilines is 1. The van der Waals surface area contributed by atoms with Crippen LogP contribution in [0.15, 0.2) is 18.3 Å². The highest BCUT2D eigenvalue weighted by Crippen LogP contribution is 2.33. The topological polar surface area (TPSA) is 54.0 Å². The number of nitrogens with zero attached hydrogens (tertiary/aromatic N) is 1. The van der Waals surface area contributed by atoms with Crippen LogP contribution in [-0.4, -0.2) is 23.5 Å². The van der Waals surface area contributed by atoms with E-state index in [-0.39, 0.29) is 5.91 Å². The number of carbonyl (C=O) groups excluding carboxylic acids is 1. The molecule has 1 aliphatic carbocycles. The van der Waals surface area contributed by atoms with Gasteiger partial charge in [0, 0.05) is 12.6 Å². The van der Waals surface area contributed by atoms with E-state index in [0.29, 0.717) is 17.7 Å². The summed E-state index contributed by atoms with van der Waals surface area (Å²) in [7, 11) is 0. The second-order valence-corrected chi connectivity index (χ2v) is 5.65. The van der Waals surface area contributed by atoms with Gasteiger partial charge in [-0.2, -0.15) is 0 Å². The summed E-state index contributed by atoms with van der Waals surface area (Å²) in [5.41, 5.74) is 1.45. The van der Waals surface area contributed by atoms with Crippen LogP contribution in [0.3, 0.4) is 0 Å². The van der Waals surface area contributed by atoms with Gasteiger partial charge in [0.2, 0.25) is 0 Å². The summed E-state index contributed by atoms with van der Waals surface area (Å²) in [6.45, 7) is 7.36. The minimum Gasteiger partial charge on any atom is -0.384 e. The number of hydrogen-bond donors (Lipinski definition) is 2. The Morgan fingerprint density at radius 3 is 2.70 bits per heavy atom. The number of carbonyl (C=O) groups is 1. The molecule has 2 rings (SSSR count). The Kier molecular flexibility index (Phi) is 4.99. The molecule has 0 aliphatic heterocycles. The van der Waals surface area contributed by atoms with Crippen LogP contribution >= 0.6 is 0 Å². The highest BCUT2D eigenvalue weighted by molar-refractivity contribution is 5.92. The maximum Gasteiger partial charge on any atom is 0.270 e. The molecule has 0 bridgehead atoms. The van der Waals surface area contributed by atoms with E-state index in [0.717, 1.165) is 24.6 Å². The zero-order valence-corrected chi connectivity index (χ0v) is 12.6. The second-order valence-electron chi connectivity index (χ2n) is 5.65. The van der Waals surface area contributed by atoms with Crippen molar-refractivity contribution in [2.45, 2.75) is 46.1 Å². The smallest absolute Gasteiger partial charge is 0.270 e. The first kappa shape index (κ1) is 14.8. The van der Waals surface area contributed by atoms with Crippen LogP contribution < -0.4 is 10.6 Å². The number of pyridine rings is 1. The van der Waals surface area contributed by atoms with Gasteiger partial charge in [-0.1, -0.05) is 20.3 Å². The molecule has 1 aromatic rings. The lowest BCUT2D eigenvalue weighted by Gasteiger charge is -2.20. The van der Waals surface area contributed by atoms with Crippen molar-refractivity contribution in [1.82, 2.24) is 10.3 Å². The molecule has 1 aliphatic rings. The lowest BCUT2D eigenvalue weighted by atomic mass is 9.93. The van der Waals surface area contributed by atoms with Gasteiger partial charge in [-0.15, -0.1) is 0 Å². The van der Waals surface area contributed by atoms with Crippen molar-refractivity contribution in [3.63, 3.8) is 0 Å². The lowest BCUT2D eigenvalue weighted by Crippen LogP contribution is -2.37. The number of rotatable bonds is 5. The van der Waals surface area contributed by atoms with Crippen LogP contribution in [0, 0.1) is 11.8 Å². The zero-order chi connectivity index (χ0) is 14.5. The van der Waals surface area contributed by atoms with E-state index in [1.807, 2.05) is 13.0 Å². The summed E-state index contributed by atoms with van der Waals surface area (Å²) in [5, 5.41) is 6.31. The van der Waals surface area contributed by atoms with E-state index < -0.39 is 0 Å². The Morgan fingerprint density at radius 1 is 1.35 bits per heavy atom. The molecule has 1 amide bonds. The van der Waals surface area contributed by atoms with Gasteiger partial charge >= 0.3 is 0 Å².